The summed E-state index contributed by atoms with van der Waals surface area (Å²) in [6.07, 6.45) is 0. The quantitative estimate of drug-likeness (QED) is 0.846. The molecule has 2 aromatic carbocycles. The predicted molar refractivity (Wildman–Crippen MR) is 68.3 cm³/mol. The fourth-order valence-electron chi connectivity index (χ4n) is 1.92. The van der Waals surface area contributed by atoms with E-state index in [1.807, 2.05) is 24.3 Å². The van der Waals surface area contributed by atoms with Crippen LogP contribution >= 0.6 is 0 Å². The van der Waals surface area contributed by atoms with E-state index >= 15 is 0 Å². The van der Waals surface area contributed by atoms with Gasteiger partial charge in [-0.25, -0.2) is 0 Å². The van der Waals surface area contributed by atoms with Gasteiger partial charge in [0.25, 0.3) is 1.43 Å². The lowest BCUT2D eigenvalue weighted by atomic mass is 9.78. The van der Waals surface area contributed by atoms with Crippen molar-refractivity contribution in [1.29, 1.82) is 1.43 Å². The average Bonchev–Trinajstić information content (AvgIpc) is 2.39. The first kappa shape index (κ1) is 10.2. The van der Waals surface area contributed by atoms with Crippen molar-refractivity contribution in [1.82, 2.24) is 0 Å². The van der Waals surface area contributed by atoms with Gasteiger partial charge in [0.1, 0.15) is 11.5 Å². The summed E-state index contributed by atoms with van der Waals surface area (Å²) >= 11 is 0. The standard InChI is InChI=1S/C15H16O2/c1-15(2,11-3-7-13(16)8-4-11)12-5-9-14(17)10-6-12/h3-10,16-17H,1-2H3/i/hD. The van der Waals surface area contributed by atoms with Gasteiger partial charge in [-0.2, -0.15) is 0 Å². The molecule has 0 aliphatic carbocycles. The van der Waals surface area contributed by atoms with Crippen molar-refractivity contribution in [3.05, 3.63) is 59.7 Å². The Hall–Kier alpha value is -1.96. The smallest absolute Gasteiger partial charge is 0.293 e. The third-order valence-electron chi connectivity index (χ3n) is 3.16. The monoisotopic (exact) mass is 229 g/mol. The molecule has 0 unspecified atom stereocenters. The van der Waals surface area contributed by atoms with Crippen LogP contribution in [0.5, 0.6) is 11.5 Å². The van der Waals surface area contributed by atoms with Crippen molar-refractivity contribution >= 4 is 0 Å². The number of phenols is 2. The second-order valence-electron chi connectivity index (χ2n) is 4.70. The summed E-state index contributed by atoms with van der Waals surface area (Å²) in [7, 11) is 0. The molecule has 0 aromatic heterocycles. The molecule has 2 aromatic rings. The highest BCUT2D eigenvalue weighted by Crippen LogP contribution is 2.32. The van der Waals surface area contributed by atoms with Crippen LogP contribution in [0.25, 0.3) is 0 Å². The topological polar surface area (TPSA) is 40.5 Å². The number of hydrogen-bond donors (Lipinski definition) is 2. The second kappa shape index (κ2) is 4.13. The van der Waals surface area contributed by atoms with Gasteiger partial charge >= 0.3 is 0 Å². The SMILES string of the molecule is [2H]Oc1ccc(C(C)(C)c2ccc(O)cc2)cc1. The van der Waals surface area contributed by atoms with Gasteiger partial charge in [-0.05, 0) is 35.4 Å². The molecular weight excluding hydrogens is 212 g/mol. The molecule has 0 atom stereocenters. The highest BCUT2D eigenvalue weighted by molar-refractivity contribution is 5.41. The van der Waals surface area contributed by atoms with E-state index in [0.717, 1.165) is 11.1 Å². The van der Waals surface area contributed by atoms with Crippen molar-refractivity contribution in [2.24, 2.45) is 0 Å². The number of phenolic OH excluding ortho intramolecular Hbond substituents is 2. The Balaban J connectivity index is 2.37. The molecule has 0 aliphatic rings. The second-order valence-corrected chi connectivity index (χ2v) is 4.70. The van der Waals surface area contributed by atoms with Crippen LogP contribution < -0.4 is 0 Å². The average molecular weight is 229 g/mol. The van der Waals surface area contributed by atoms with Crippen LogP contribution in [0.15, 0.2) is 48.5 Å². The van der Waals surface area contributed by atoms with Crippen LogP contribution in [-0.4, -0.2) is 11.6 Å². The van der Waals surface area contributed by atoms with Crippen molar-refractivity contribution < 1.29 is 10.2 Å². The van der Waals surface area contributed by atoms with Crippen LogP contribution in [0.1, 0.15) is 25.0 Å². The van der Waals surface area contributed by atoms with Crippen molar-refractivity contribution in [2.75, 3.05) is 0 Å². The molecule has 0 bridgehead atoms. The minimum atomic E-state index is -0.158. The third-order valence-corrected chi connectivity index (χ3v) is 3.16. The zero-order valence-corrected chi connectivity index (χ0v) is 9.97. The summed E-state index contributed by atoms with van der Waals surface area (Å²) in [6, 6.07) is 14.7. The Bertz CT molecular complexity index is 515. The van der Waals surface area contributed by atoms with Gasteiger partial charge in [-0.15, -0.1) is 0 Å². The molecule has 0 saturated carbocycles. The Labute approximate surface area is 103 Å². The molecule has 88 valence electrons. The lowest BCUT2D eigenvalue weighted by Crippen LogP contribution is -2.18. The molecule has 2 rings (SSSR count). The van der Waals surface area contributed by atoms with Crippen LogP contribution in [0.2, 0.25) is 0 Å². The molecule has 0 heterocycles. The maximum absolute atomic E-state index is 9.32. The number of hydrogen-bond acceptors (Lipinski definition) is 2. The van der Waals surface area contributed by atoms with Gasteiger partial charge in [0.05, 0.1) is 0 Å². The lowest BCUT2D eigenvalue weighted by molar-refractivity contribution is 0.474. The summed E-state index contributed by atoms with van der Waals surface area (Å²) in [5.41, 5.74) is 2.10. The Morgan fingerprint density at radius 2 is 1.24 bits per heavy atom. The van der Waals surface area contributed by atoms with E-state index in [9.17, 15) is 5.11 Å². The van der Waals surface area contributed by atoms with Gasteiger partial charge < -0.3 is 10.2 Å². The Morgan fingerprint density at radius 3 is 1.65 bits per heavy atom. The highest BCUT2D eigenvalue weighted by atomic mass is 16.3. The molecule has 17 heavy (non-hydrogen) atoms. The molecule has 0 spiro atoms. The molecular formula is C15H16O2. The van der Waals surface area contributed by atoms with Gasteiger partial charge in [-0.3, -0.25) is 0 Å². The van der Waals surface area contributed by atoms with E-state index in [0.29, 0.717) is 5.75 Å². The molecule has 0 aliphatic heterocycles. The molecule has 0 radical (unpaired) electrons. The first-order chi connectivity index (χ1) is 8.54. The van der Waals surface area contributed by atoms with E-state index in [4.69, 9.17) is 1.43 Å². The van der Waals surface area contributed by atoms with Crippen molar-refractivity contribution in [3.8, 4) is 11.5 Å². The summed E-state index contributed by atoms with van der Waals surface area (Å²) in [5.74, 6) is 0.799. The third kappa shape index (κ3) is 2.26. The predicted octanol–water partition coefficient (Wildman–Crippen LogP) is 3.42. The van der Waals surface area contributed by atoms with E-state index in [1.54, 1.807) is 24.3 Å². The molecule has 2 nitrogen and oxygen atoms in total. The Kier molecular flexibility index (Phi) is 2.48. The minimum Gasteiger partial charge on any atom is -0.508 e. The summed E-state index contributed by atoms with van der Waals surface area (Å²) in [4.78, 5) is 0. The molecule has 0 fully saturated rings. The Morgan fingerprint density at radius 1 is 0.824 bits per heavy atom. The maximum atomic E-state index is 9.32. The van der Waals surface area contributed by atoms with Crippen LogP contribution in [0, 0.1) is 0 Å². The zero-order valence-electron chi connectivity index (χ0n) is 11.0. The van der Waals surface area contributed by atoms with Crippen LogP contribution in [-0.2, 0) is 5.41 Å². The van der Waals surface area contributed by atoms with Crippen LogP contribution in [0.4, 0.5) is 0 Å². The first-order valence-corrected chi connectivity index (χ1v) is 5.57. The lowest BCUT2D eigenvalue weighted by Gasteiger charge is -2.26. The van der Waals surface area contributed by atoms with E-state index in [2.05, 4.69) is 19.0 Å². The fourth-order valence-corrected chi connectivity index (χ4v) is 1.92. The first-order valence-electron chi connectivity index (χ1n) is 5.98. The fraction of sp³-hybridized carbons (Fsp3) is 0.200. The highest BCUT2D eigenvalue weighted by Gasteiger charge is 2.22. The number of rotatable bonds is 3. The normalized spacial score (nSPS) is 12.0. The van der Waals surface area contributed by atoms with E-state index < -0.39 is 0 Å². The van der Waals surface area contributed by atoms with E-state index in [-0.39, 0.29) is 11.2 Å². The summed E-state index contributed by atoms with van der Waals surface area (Å²) in [6.45, 7) is 4.24. The van der Waals surface area contributed by atoms with Crippen molar-refractivity contribution in [2.45, 2.75) is 19.3 Å². The number of aromatic hydroxyl groups is 2. The molecule has 2 heteroatoms. The van der Waals surface area contributed by atoms with Gasteiger partial charge in [0, 0.05) is 5.41 Å². The minimum absolute atomic E-state index is 0.158. The molecule has 0 amide bonds. The van der Waals surface area contributed by atoms with Crippen LogP contribution in [0.3, 0.4) is 0 Å². The molecule has 0 saturated heterocycles. The summed E-state index contributed by atoms with van der Waals surface area (Å²) < 4.78 is 6.83. The van der Waals surface area contributed by atoms with Gasteiger partial charge in [0.2, 0.25) is 0 Å². The van der Waals surface area contributed by atoms with Crippen molar-refractivity contribution in [3.63, 3.8) is 0 Å². The summed E-state index contributed by atoms with van der Waals surface area (Å²) in [5, 5.41) is 13.7. The largest absolute Gasteiger partial charge is 0.508 e. The molecule has 2 N–H and O–H groups in total. The number of benzene rings is 2. The maximum Gasteiger partial charge on any atom is 0.293 e. The van der Waals surface area contributed by atoms with Gasteiger partial charge in [-0.1, -0.05) is 38.1 Å². The van der Waals surface area contributed by atoms with Gasteiger partial charge in [0.15, 0.2) is 0 Å². The zero-order chi connectivity index (χ0) is 13.2. The van der Waals surface area contributed by atoms with E-state index in [1.165, 1.54) is 0 Å².